The van der Waals surface area contributed by atoms with E-state index in [4.69, 9.17) is 34.8 Å². The minimum atomic E-state index is -0.388. The Morgan fingerprint density at radius 2 is 1.68 bits per heavy atom. The summed E-state index contributed by atoms with van der Waals surface area (Å²) in [5.41, 5.74) is 3.78. The van der Waals surface area contributed by atoms with Crippen molar-refractivity contribution in [3.63, 3.8) is 0 Å². The lowest BCUT2D eigenvalue weighted by Gasteiger charge is -2.06. The molecular weight excluding hydrogens is 385 g/mol. The summed E-state index contributed by atoms with van der Waals surface area (Å²) in [5, 5.41) is 7.88. The van der Waals surface area contributed by atoms with E-state index in [1.165, 1.54) is 0 Å². The summed E-state index contributed by atoms with van der Waals surface area (Å²) < 4.78 is 0. The molecule has 0 saturated heterocycles. The maximum Gasteiger partial charge on any atom is 0.271 e. The van der Waals surface area contributed by atoms with Crippen molar-refractivity contribution >= 4 is 58.0 Å². The average molecular weight is 399 g/mol. The van der Waals surface area contributed by atoms with Gasteiger partial charge in [-0.2, -0.15) is 5.10 Å². The van der Waals surface area contributed by atoms with Crippen molar-refractivity contribution in [3.05, 3.63) is 63.1 Å². The minimum absolute atomic E-state index is 0.0150. The van der Waals surface area contributed by atoms with Crippen LogP contribution in [0.1, 0.15) is 23.7 Å². The van der Waals surface area contributed by atoms with Crippen LogP contribution in [0, 0.1) is 0 Å². The molecule has 0 fully saturated rings. The molecule has 0 heterocycles. The highest BCUT2D eigenvalue weighted by Crippen LogP contribution is 2.25. The van der Waals surface area contributed by atoms with Gasteiger partial charge in [-0.25, -0.2) is 5.43 Å². The first-order valence-corrected chi connectivity index (χ1v) is 8.32. The molecule has 2 aromatic carbocycles. The van der Waals surface area contributed by atoms with E-state index < -0.39 is 0 Å². The van der Waals surface area contributed by atoms with Crippen LogP contribution in [0.25, 0.3) is 0 Å². The van der Waals surface area contributed by atoms with Crippen molar-refractivity contribution in [1.82, 2.24) is 5.43 Å². The minimum Gasteiger partial charge on any atom is -0.326 e. The van der Waals surface area contributed by atoms with Gasteiger partial charge in [-0.3, -0.25) is 9.59 Å². The summed E-state index contributed by atoms with van der Waals surface area (Å²) in [6, 6.07) is 11.2. The smallest absolute Gasteiger partial charge is 0.271 e. The summed E-state index contributed by atoms with van der Waals surface area (Å²) in [6.45, 7) is 1.64. The zero-order valence-electron chi connectivity index (χ0n) is 13.1. The lowest BCUT2D eigenvalue weighted by molar-refractivity contribution is -0.115. The van der Waals surface area contributed by atoms with Crippen LogP contribution in [0.15, 0.2) is 47.6 Å². The van der Waals surface area contributed by atoms with Crippen LogP contribution in [0.5, 0.6) is 0 Å². The fourth-order valence-corrected chi connectivity index (χ4v) is 2.29. The summed E-state index contributed by atoms with van der Waals surface area (Å²) in [7, 11) is 0. The molecule has 0 atom stereocenters. The third-order valence-corrected chi connectivity index (χ3v) is 4.07. The lowest BCUT2D eigenvalue weighted by atomic mass is 10.2. The van der Waals surface area contributed by atoms with Gasteiger partial charge in [0.2, 0.25) is 5.91 Å². The van der Waals surface area contributed by atoms with Crippen molar-refractivity contribution in [1.29, 1.82) is 0 Å². The zero-order chi connectivity index (χ0) is 18.4. The number of anilines is 1. The standard InChI is InChI=1S/C17H14Cl3N3O2/c1-10(22-23-17(25)11-2-4-12(18)5-3-11)8-16(24)21-13-6-7-14(19)15(20)9-13/h2-7,9H,8H2,1H3,(H,21,24)(H,23,25)/b22-10+. The van der Waals surface area contributed by atoms with Crippen molar-refractivity contribution in [2.24, 2.45) is 5.10 Å². The van der Waals surface area contributed by atoms with Crippen molar-refractivity contribution in [3.8, 4) is 0 Å². The Kier molecular flexibility index (Phi) is 6.82. The van der Waals surface area contributed by atoms with Crippen molar-refractivity contribution in [2.75, 3.05) is 5.32 Å². The second-order valence-corrected chi connectivity index (χ2v) is 6.40. The number of hydrogen-bond donors (Lipinski definition) is 2. The van der Waals surface area contributed by atoms with Gasteiger partial charge in [-0.05, 0) is 49.4 Å². The van der Waals surface area contributed by atoms with Gasteiger partial charge >= 0.3 is 0 Å². The van der Waals surface area contributed by atoms with Gasteiger partial charge in [0.05, 0.1) is 16.5 Å². The summed E-state index contributed by atoms with van der Waals surface area (Å²) in [6.07, 6.45) is 0.0150. The number of nitrogens with zero attached hydrogens (tertiary/aromatic N) is 1. The number of rotatable bonds is 5. The van der Waals surface area contributed by atoms with E-state index in [0.29, 0.717) is 32.0 Å². The molecule has 2 rings (SSSR count). The largest absolute Gasteiger partial charge is 0.326 e. The van der Waals surface area contributed by atoms with Crippen molar-refractivity contribution in [2.45, 2.75) is 13.3 Å². The molecule has 130 valence electrons. The number of amides is 2. The Morgan fingerprint density at radius 3 is 2.32 bits per heavy atom. The predicted octanol–water partition coefficient (Wildman–Crippen LogP) is 4.78. The number of benzene rings is 2. The number of carbonyl (C=O) groups excluding carboxylic acids is 2. The maximum absolute atomic E-state index is 12.0. The Balaban J connectivity index is 1.89. The molecule has 0 radical (unpaired) electrons. The van der Waals surface area contributed by atoms with Crippen LogP contribution in [0.2, 0.25) is 15.1 Å². The normalized spacial score (nSPS) is 11.1. The highest BCUT2D eigenvalue weighted by atomic mass is 35.5. The fraction of sp³-hybridized carbons (Fsp3) is 0.118. The van der Waals surface area contributed by atoms with Gasteiger partial charge in [0.25, 0.3) is 5.91 Å². The first kappa shape index (κ1) is 19.2. The molecule has 0 aromatic heterocycles. The molecule has 0 aliphatic carbocycles. The number of nitrogens with one attached hydrogen (secondary N) is 2. The van der Waals surface area contributed by atoms with E-state index in [-0.39, 0.29) is 18.2 Å². The quantitative estimate of drug-likeness (QED) is 0.562. The van der Waals surface area contributed by atoms with Crippen molar-refractivity contribution < 1.29 is 9.59 Å². The number of hydrazone groups is 1. The SMILES string of the molecule is C/C(CC(=O)Nc1ccc(Cl)c(Cl)c1)=N\NC(=O)c1ccc(Cl)cc1. The molecule has 25 heavy (non-hydrogen) atoms. The topological polar surface area (TPSA) is 70.6 Å². The maximum atomic E-state index is 12.0. The Morgan fingerprint density at radius 1 is 1.00 bits per heavy atom. The molecule has 0 unspecified atom stereocenters. The molecule has 2 amide bonds. The summed E-state index contributed by atoms with van der Waals surface area (Å²) in [4.78, 5) is 23.9. The third-order valence-electron chi connectivity index (χ3n) is 3.07. The predicted molar refractivity (Wildman–Crippen MR) is 102 cm³/mol. The molecule has 2 aromatic rings. The molecular formula is C17H14Cl3N3O2. The van der Waals surface area contributed by atoms with E-state index in [1.807, 2.05) is 0 Å². The molecule has 0 bridgehead atoms. The monoisotopic (exact) mass is 397 g/mol. The van der Waals surface area contributed by atoms with Crippen LogP contribution >= 0.6 is 34.8 Å². The van der Waals surface area contributed by atoms with Gasteiger partial charge in [0, 0.05) is 22.0 Å². The second-order valence-electron chi connectivity index (χ2n) is 5.15. The number of halogens is 3. The van der Waals surface area contributed by atoms with Gasteiger partial charge in [0.15, 0.2) is 0 Å². The van der Waals surface area contributed by atoms with Crippen LogP contribution in [-0.4, -0.2) is 17.5 Å². The highest BCUT2D eigenvalue weighted by molar-refractivity contribution is 6.42. The fourth-order valence-electron chi connectivity index (χ4n) is 1.86. The van der Waals surface area contributed by atoms with E-state index in [9.17, 15) is 9.59 Å². The molecule has 5 nitrogen and oxygen atoms in total. The van der Waals surface area contributed by atoms with Crippen LogP contribution < -0.4 is 10.7 Å². The average Bonchev–Trinajstić information content (AvgIpc) is 2.56. The van der Waals surface area contributed by atoms with E-state index >= 15 is 0 Å². The molecule has 8 heteroatoms. The van der Waals surface area contributed by atoms with E-state index in [2.05, 4.69) is 15.8 Å². The Bertz CT molecular complexity index is 820. The van der Waals surface area contributed by atoms with Crippen LogP contribution in [0.4, 0.5) is 5.69 Å². The molecule has 0 saturated carbocycles. The van der Waals surface area contributed by atoms with Gasteiger partial charge in [-0.15, -0.1) is 0 Å². The van der Waals surface area contributed by atoms with E-state index in [1.54, 1.807) is 49.4 Å². The molecule has 0 aliphatic rings. The van der Waals surface area contributed by atoms with Gasteiger partial charge in [-0.1, -0.05) is 34.8 Å². The lowest BCUT2D eigenvalue weighted by Crippen LogP contribution is -2.21. The van der Waals surface area contributed by atoms with E-state index in [0.717, 1.165) is 0 Å². The zero-order valence-corrected chi connectivity index (χ0v) is 15.4. The number of hydrogen-bond acceptors (Lipinski definition) is 3. The van der Waals surface area contributed by atoms with Gasteiger partial charge in [0.1, 0.15) is 0 Å². The molecule has 0 spiro atoms. The highest BCUT2D eigenvalue weighted by Gasteiger charge is 2.08. The molecule has 2 N–H and O–H groups in total. The first-order valence-electron chi connectivity index (χ1n) is 7.19. The Hall–Kier alpha value is -2.08. The third kappa shape index (κ3) is 6.05. The first-order chi connectivity index (χ1) is 11.8. The van der Waals surface area contributed by atoms with Crippen LogP contribution in [0.3, 0.4) is 0 Å². The second kappa shape index (κ2) is 8.85. The van der Waals surface area contributed by atoms with Crippen LogP contribution in [-0.2, 0) is 4.79 Å². The summed E-state index contributed by atoms with van der Waals surface area (Å²) in [5.74, 6) is -0.679. The summed E-state index contributed by atoms with van der Waals surface area (Å²) >= 11 is 17.5. The van der Waals surface area contributed by atoms with Gasteiger partial charge < -0.3 is 5.32 Å². The Labute approximate surface area is 160 Å². The number of carbonyl (C=O) groups is 2. The molecule has 0 aliphatic heterocycles.